The van der Waals surface area contributed by atoms with E-state index in [1.54, 1.807) is 66.7 Å². The summed E-state index contributed by atoms with van der Waals surface area (Å²) < 4.78 is 68.7. The molecule has 3 saturated heterocycles. The Morgan fingerprint density at radius 2 is 1.12 bits per heavy atom. The highest BCUT2D eigenvalue weighted by Gasteiger charge is 2.59. The number of carboxylic acid groups (broad SMARTS) is 2. The van der Waals surface area contributed by atoms with Gasteiger partial charge >= 0.3 is 24.0 Å². The monoisotopic (exact) mass is 1210 g/mol. The van der Waals surface area contributed by atoms with Gasteiger partial charge in [0.25, 0.3) is 0 Å². The molecule has 2 N–H and O–H groups in total. The lowest BCUT2D eigenvalue weighted by Gasteiger charge is -2.53. The Balaban J connectivity index is 1.10. The van der Waals surface area contributed by atoms with Gasteiger partial charge in [0.1, 0.15) is 31.0 Å². The van der Waals surface area contributed by atoms with Gasteiger partial charge < -0.3 is 62.2 Å². The van der Waals surface area contributed by atoms with Gasteiger partial charge in [-0.25, -0.2) is 19.2 Å². The molecule has 18 heteroatoms. The molecule has 0 bridgehead atoms. The van der Waals surface area contributed by atoms with Crippen LogP contribution in [0, 0.1) is 0 Å². The molecule has 0 saturated carbocycles. The molecule has 3 aliphatic rings. The maximum Gasteiger partial charge on any atom is 0.410 e. The molecule has 7 aromatic rings. The Morgan fingerprint density at radius 3 is 1.72 bits per heavy atom. The molecule has 460 valence electrons. The molecular formula is C70H75NO16Si. The molecule has 0 unspecified atom stereocenters. The van der Waals surface area contributed by atoms with E-state index < -0.39 is 99.6 Å². The molecule has 11 atom stereocenters. The van der Waals surface area contributed by atoms with Gasteiger partial charge in [0.2, 0.25) is 0 Å². The van der Waals surface area contributed by atoms with Crippen LogP contribution in [0.3, 0.4) is 0 Å². The van der Waals surface area contributed by atoms with Crippen LogP contribution in [0.25, 0.3) is 0 Å². The van der Waals surface area contributed by atoms with Crippen molar-refractivity contribution in [2.75, 3.05) is 26.4 Å². The number of aromatic carboxylic acids is 2. The molecule has 1 amide bonds. The van der Waals surface area contributed by atoms with Gasteiger partial charge in [-0.3, -0.25) is 0 Å². The van der Waals surface area contributed by atoms with E-state index in [2.05, 4.69) is 33.9 Å². The molecule has 3 fully saturated rings. The summed E-state index contributed by atoms with van der Waals surface area (Å²) in [6, 6.07) is 59.0. The second-order valence-electron chi connectivity index (χ2n) is 23.6. The Bertz CT molecular complexity index is 3410. The minimum Gasteiger partial charge on any atom is -0.478 e. The largest absolute Gasteiger partial charge is 0.478 e. The number of amides is 1. The first-order valence-electron chi connectivity index (χ1n) is 29.6. The van der Waals surface area contributed by atoms with Crippen molar-refractivity contribution in [2.45, 2.75) is 126 Å². The van der Waals surface area contributed by atoms with Crippen LogP contribution in [0.2, 0.25) is 18.1 Å². The third kappa shape index (κ3) is 15.3. The molecule has 0 spiro atoms. The van der Waals surface area contributed by atoms with Crippen molar-refractivity contribution < 1.29 is 76.4 Å². The highest BCUT2D eigenvalue weighted by molar-refractivity contribution is 6.74. The number of hydrogen-bond donors (Lipinski definition) is 2. The molecule has 7 aromatic carbocycles. The zero-order valence-corrected chi connectivity index (χ0v) is 50.9. The van der Waals surface area contributed by atoms with E-state index in [0.29, 0.717) is 0 Å². The summed E-state index contributed by atoms with van der Waals surface area (Å²) in [7, 11) is -2.86. The van der Waals surface area contributed by atoms with Gasteiger partial charge in [0.05, 0.1) is 49.2 Å². The Labute approximate surface area is 514 Å². The summed E-state index contributed by atoms with van der Waals surface area (Å²) in [6.45, 7) is 10.3. The third-order valence-electron chi connectivity index (χ3n) is 16.7. The fourth-order valence-electron chi connectivity index (χ4n) is 11.2. The smallest absolute Gasteiger partial charge is 0.410 e. The van der Waals surface area contributed by atoms with Crippen LogP contribution in [0.15, 0.2) is 200 Å². The van der Waals surface area contributed by atoms with Gasteiger partial charge in [-0.15, -0.1) is 0 Å². The van der Waals surface area contributed by atoms with Crippen LogP contribution in [0.1, 0.15) is 103 Å². The average Bonchev–Trinajstić information content (AvgIpc) is 1.49. The zero-order chi connectivity index (χ0) is 61.8. The minimum absolute atomic E-state index is 0.0114. The topological polar surface area (TPSA) is 204 Å². The summed E-state index contributed by atoms with van der Waals surface area (Å²) in [5.41, 5.74) is 3.68. The SMILES string of the molecule is CC(C)(C)[Si](C)(C)O[C@@H]1[C@@H](OC(=O)c2ccccc2)[C@@H](O[C@@H]2[C@H](c3ccccc3C(=O)O)[C@H](c3ccccc3C(=O)O)[C@H](OCCN(Cc3ccccc3)C(=O)OCc3ccccc3)O[C@@H]2COCc2ccccc2)O[C@@H]2CO[C@@H](c3ccccc3)O[C@@H]12. The quantitative estimate of drug-likeness (QED) is 0.0451. The first-order chi connectivity index (χ1) is 42.5. The first kappa shape index (κ1) is 63.1. The number of carbonyl (C=O) groups is 4. The van der Waals surface area contributed by atoms with E-state index in [1.165, 1.54) is 17.0 Å². The van der Waals surface area contributed by atoms with E-state index in [4.69, 9.17) is 47.1 Å². The first-order valence-corrected chi connectivity index (χ1v) is 32.5. The highest BCUT2D eigenvalue weighted by atomic mass is 28.4. The molecule has 3 heterocycles. The summed E-state index contributed by atoms with van der Waals surface area (Å²) in [5.74, 6) is -5.62. The number of ether oxygens (including phenoxy) is 9. The number of rotatable bonds is 23. The predicted octanol–water partition coefficient (Wildman–Crippen LogP) is 12.6. The molecule has 17 nitrogen and oxygen atoms in total. The van der Waals surface area contributed by atoms with Crippen LogP contribution in [-0.2, 0) is 66.8 Å². The van der Waals surface area contributed by atoms with Gasteiger partial charge in [0, 0.05) is 30.5 Å². The lowest BCUT2D eigenvalue weighted by Crippen LogP contribution is -2.67. The van der Waals surface area contributed by atoms with Crippen molar-refractivity contribution in [3.8, 4) is 0 Å². The predicted molar refractivity (Wildman–Crippen MR) is 328 cm³/mol. The normalized spacial score (nSPS) is 23.7. The van der Waals surface area contributed by atoms with Gasteiger partial charge in [-0.05, 0) is 70.2 Å². The van der Waals surface area contributed by atoms with Crippen LogP contribution < -0.4 is 0 Å². The molecule has 0 aromatic heterocycles. The Kier molecular flexibility index (Phi) is 20.8. The van der Waals surface area contributed by atoms with Gasteiger partial charge in [-0.1, -0.05) is 197 Å². The van der Waals surface area contributed by atoms with Crippen LogP contribution >= 0.6 is 0 Å². The number of nitrogens with zero attached hydrogens (tertiary/aromatic N) is 1. The molecule has 0 aliphatic carbocycles. The Morgan fingerprint density at radius 1 is 0.591 bits per heavy atom. The van der Waals surface area contributed by atoms with Gasteiger partial charge in [0.15, 0.2) is 33.3 Å². The Hall–Kier alpha value is -7.88. The maximum absolute atomic E-state index is 14.8. The van der Waals surface area contributed by atoms with Crippen LogP contribution in [0.4, 0.5) is 4.79 Å². The maximum atomic E-state index is 14.8. The molecule has 0 radical (unpaired) electrons. The molecule has 3 aliphatic heterocycles. The summed E-state index contributed by atoms with van der Waals surface area (Å²) in [5, 5.41) is 21.9. The van der Waals surface area contributed by atoms with E-state index in [9.17, 15) is 29.4 Å². The fourth-order valence-corrected chi connectivity index (χ4v) is 12.5. The van der Waals surface area contributed by atoms with Crippen LogP contribution in [-0.4, -0.2) is 123 Å². The lowest BCUT2D eigenvalue weighted by atomic mass is 9.71. The fraction of sp³-hybridized carbons (Fsp3) is 0.343. The lowest BCUT2D eigenvalue weighted by molar-refractivity contribution is -0.374. The standard InChI is InChI=1S/C70H75NO16Si/c1-70(2,3)88(4,5)87-61-60-56(45-80-66(86-60)50-33-19-10-20-34-50)83-68(62(61)84-65(76)49-31-17-9-18-32-49)85-59-55(44-78-42-47-27-13-7-14-28-47)82-67(58(52-36-22-24-38-54(52)64(74)75)57(59)51-35-21-23-37-53(51)63(72)73)79-40-39-71(41-46-25-11-6-12-26-46)69(77)81-43-48-29-15-8-16-30-48/h6-38,55-62,66-68H,39-45H2,1-5H3,(H,72,73)(H,74,75)/t55-,56-,57-,58+,59+,60-,61+,62-,66-,67-,68-/m1/s1. The molecular weight excluding hydrogens is 1140 g/mol. The van der Waals surface area contributed by atoms with Gasteiger partial charge in [-0.2, -0.15) is 0 Å². The average molecular weight is 1210 g/mol. The van der Waals surface area contributed by atoms with Crippen molar-refractivity contribution in [1.29, 1.82) is 0 Å². The third-order valence-corrected chi connectivity index (χ3v) is 21.1. The number of esters is 1. The van der Waals surface area contributed by atoms with Crippen molar-refractivity contribution in [1.82, 2.24) is 4.90 Å². The second-order valence-corrected chi connectivity index (χ2v) is 28.4. The van der Waals surface area contributed by atoms with Crippen molar-refractivity contribution >= 4 is 32.3 Å². The summed E-state index contributed by atoms with van der Waals surface area (Å²) in [4.78, 5) is 57.8. The number of fused-ring (bicyclic) bond motifs is 1. The van der Waals surface area contributed by atoms with E-state index in [-0.39, 0.29) is 79.0 Å². The molecule has 88 heavy (non-hydrogen) atoms. The minimum atomic E-state index is -2.86. The zero-order valence-electron chi connectivity index (χ0n) is 49.9. The second kappa shape index (κ2) is 29.0. The van der Waals surface area contributed by atoms with E-state index in [1.807, 2.05) is 121 Å². The van der Waals surface area contributed by atoms with Crippen molar-refractivity contribution in [3.05, 3.63) is 250 Å². The van der Waals surface area contributed by atoms with Crippen LogP contribution in [0.5, 0.6) is 0 Å². The number of hydrogen-bond acceptors (Lipinski definition) is 14. The van der Waals surface area contributed by atoms with Crippen molar-refractivity contribution in [2.24, 2.45) is 0 Å². The van der Waals surface area contributed by atoms with E-state index >= 15 is 0 Å². The number of benzene rings is 7. The number of carbonyl (C=O) groups excluding carboxylic acids is 2. The van der Waals surface area contributed by atoms with Crippen molar-refractivity contribution in [3.63, 3.8) is 0 Å². The number of carboxylic acids is 2. The summed E-state index contributed by atoms with van der Waals surface area (Å²) in [6.07, 6.45) is -11.2. The van der Waals surface area contributed by atoms with E-state index in [0.717, 1.165) is 22.3 Å². The summed E-state index contributed by atoms with van der Waals surface area (Å²) >= 11 is 0. The highest BCUT2D eigenvalue weighted by Crippen LogP contribution is 2.50. The molecule has 10 rings (SSSR count).